The van der Waals surface area contributed by atoms with Crippen LogP contribution >= 0.6 is 0 Å². The quantitative estimate of drug-likeness (QED) is 0.630. The maximum Gasteiger partial charge on any atom is 0.292 e. The number of likely N-dealkylation sites (tertiary alicyclic amines) is 1. The summed E-state index contributed by atoms with van der Waals surface area (Å²) in [5.74, 6) is 0.138. The highest BCUT2D eigenvalue weighted by atomic mass is 16.6. The summed E-state index contributed by atoms with van der Waals surface area (Å²) < 4.78 is 0. The van der Waals surface area contributed by atoms with Crippen LogP contribution < -0.4 is 10.2 Å². The number of anilines is 1. The molecule has 1 aromatic rings. The number of para-hydroxylation sites is 2. The highest BCUT2D eigenvalue weighted by molar-refractivity contribution is 5.79. The van der Waals surface area contributed by atoms with E-state index in [1.54, 1.807) is 12.1 Å². The van der Waals surface area contributed by atoms with Crippen molar-refractivity contribution in [2.75, 3.05) is 44.2 Å². The van der Waals surface area contributed by atoms with E-state index in [9.17, 15) is 14.9 Å². The van der Waals surface area contributed by atoms with Gasteiger partial charge in [-0.1, -0.05) is 12.1 Å². The largest absolute Gasteiger partial charge is 0.366 e. The average molecular weight is 346 g/mol. The fourth-order valence-electron chi connectivity index (χ4n) is 3.76. The molecule has 2 saturated heterocycles. The number of nitro benzene ring substituents is 1. The minimum absolute atomic E-state index is 0.0117. The minimum Gasteiger partial charge on any atom is -0.366 e. The first-order chi connectivity index (χ1) is 12.1. The molecule has 25 heavy (non-hydrogen) atoms. The molecule has 2 aliphatic rings. The lowest BCUT2D eigenvalue weighted by molar-refractivity contribution is -0.384. The second-order valence-corrected chi connectivity index (χ2v) is 6.85. The fraction of sp³-hybridized carbons (Fsp3) is 0.611. The van der Waals surface area contributed by atoms with Crippen LogP contribution in [-0.2, 0) is 4.79 Å². The molecule has 7 nitrogen and oxygen atoms in total. The number of nitro groups is 1. The van der Waals surface area contributed by atoms with E-state index < -0.39 is 0 Å². The molecule has 2 heterocycles. The standard InChI is InChI=1S/C18H26N4O3/c23-18(19-9-14-20-10-3-4-11-20)15-7-12-21(13-8-15)16-5-1-2-6-17(16)22(24)25/h1-2,5-6,15H,3-4,7-14H2,(H,19,23). The maximum atomic E-state index is 12.3. The van der Waals surface area contributed by atoms with Crippen molar-refractivity contribution in [3.05, 3.63) is 34.4 Å². The highest BCUT2D eigenvalue weighted by Crippen LogP contribution is 2.31. The van der Waals surface area contributed by atoms with Crippen LogP contribution in [0.5, 0.6) is 0 Å². The Morgan fingerprint density at radius 3 is 2.52 bits per heavy atom. The molecule has 7 heteroatoms. The SMILES string of the molecule is O=C(NCCN1CCCC1)C1CCN(c2ccccc2[N+](=O)[O-])CC1. The molecule has 0 aromatic heterocycles. The van der Waals surface area contributed by atoms with Crippen LogP contribution in [-0.4, -0.2) is 55.0 Å². The average Bonchev–Trinajstić information content (AvgIpc) is 3.15. The highest BCUT2D eigenvalue weighted by Gasteiger charge is 2.28. The lowest BCUT2D eigenvalue weighted by Crippen LogP contribution is -2.42. The third kappa shape index (κ3) is 4.48. The fourth-order valence-corrected chi connectivity index (χ4v) is 3.76. The van der Waals surface area contributed by atoms with Crippen LogP contribution in [0.3, 0.4) is 0 Å². The summed E-state index contributed by atoms with van der Waals surface area (Å²) in [6, 6.07) is 6.82. The Bertz CT molecular complexity index is 608. The van der Waals surface area contributed by atoms with Gasteiger partial charge in [0.1, 0.15) is 5.69 Å². The van der Waals surface area contributed by atoms with Crippen molar-refractivity contribution in [3.63, 3.8) is 0 Å². The normalized spacial score (nSPS) is 19.1. The number of rotatable bonds is 6. The third-order valence-electron chi connectivity index (χ3n) is 5.21. The predicted octanol–water partition coefficient (Wildman–Crippen LogP) is 2.02. The molecule has 2 fully saturated rings. The second-order valence-electron chi connectivity index (χ2n) is 6.85. The van der Waals surface area contributed by atoms with E-state index in [4.69, 9.17) is 0 Å². The zero-order chi connectivity index (χ0) is 17.6. The summed E-state index contributed by atoms with van der Waals surface area (Å²) in [7, 11) is 0. The van der Waals surface area contributed by atoms with Crippen molar-refractivity contribution < 1.29 is 9.72 Å². The van der Waals surface area contributed by atoms with E-state index in [-0.39, 0.29) is 22.4 Å². The Hall–Kier alpha value is -2.15. The van der Waals surface area contributed by atoms with E-state index in [0.29, 0.717) is 25.3 Å². The first-order valence-corrected chi connectivity index (χ1v) is 9.13. The molecule has 1 N–H and O–H groups in total. The van der Waals surface area contributed by atoms with Gasteiger partial charge in [-0.3, -0.25) is 14.9 Å². The van der Waals surface area contributed by atoms with Crippen molar-refractivity contribution >= 4 is 17.3 Å². The number of nitrogens with one attached hydrogen (secondary N) is 1. The summed E-state index contributed by atoms with van der Waals surface area (Å²) in [6.07, 6.45) is 4.00. The monoisotopic (exact) mass is 346 g/mol. The predicted molar refractivity (Wildman–Crippen MR) is 96.7 cm³/mol. The molecule has 0 saturated carbocycles. The minimum atomic E-state index is -0.341. The molecule has 136 valence electrons. The van der Waals surface area contributed by atoms with Gasteiger partial charge in [0.05, 0.1) is 4.92 Å². The van der Waals surface area contributed by atoms with E-state index >= 15 is 0 Å². The molecule has 0 spiro atoms. The molecule has 1 aromatic carbocycles. The van der Waals surface area contributed by atoms with Crippen molar-refractivity contribution in [2.24, 2.45) is 5.92 Å². The molecule has 0 radical (unpaired) electrons. The summed E-state index contributed by atoms with van der Waals surface area (Å²) in [5.41, 5.74) is 0.788. The third-order valence-corrected chi connectivity index (χ3v) is 5.21. The molecular formula is C18H26N4O3. The number of amides is 1. The van der Waals surface area contributed by atoms with Gasteiger partial charge in [-0.25, -0.2) is 0 Å². The van der Waals surface area contributed by atoms with Crippen molar-refractivity contribution in [2.45, 2.75) is 25.7 Å². The molecule has 0 atom stereocenters. The molecule has 0 unspecified atom stereocenters. The molecule has 0 aliphatic carbocycles. The summed E-state index contributed by atoms with van der Waals surface area (Å²) in [5, 5.41) is 14.2. The van der Waals surface area contributed by atoms with Crippen LogP contribution in [0.25, 0.3) is 0 Å². The molecule has 0 bridgehead atoms. The number of piperidine rings is 1. The van der Waals surface area contributed by atoms with E-state index in [1.165, 1.54) is 18.9 Å². The number of benzene rings is 1. The summed E-state index contributed by atoms with van der Waals surface area (Å²) >= 11 is 0. The maximum absolute atomic E-state index is 12.3. The second kappa shape index (κ2) is 8.29. The summed E-state index contributed by atoms with van der Waals surface area (Å²) in [6.45, 7) is 5.28. The topological polar surface area (TPSA) is 78.7 Å². The van der Waals surface area contributed by atoms with E-state index in [1.807, 2.05) is 11.0 Å². The van der Waals surface area contributed by atoms with Crippen LogP contribution in [0.4, 0.5) is 11.4 Å². The number of hydrogen-bond acceptors (Lipinski definition) is 5. The first-order valence-electron chi connectivity index (χ1n) is 9.13. The van der Waals surface area contributed by atoms with E-state index in [2.05, 4.69) is 10.2 Å². The Kier molecular flexibility index (Phi) is 5.86. The number of hydrogen-bond donors (Lipinski definition) is 1. The Balaban J connectivity index is 1.46. The van der Waals surface area contributed by atoms with Crippen molar-refractivity contribution in [3.8, 4) is 0 Å². The lowest BCUT2D eigenvalue weighted by atomic mass is 9.95. The zero-order valence-electron chi connectivity index (χ0n) is 14.5. The van der Waals surface area contributed by atoms with Crippen molar-refractivity contribution in [1.82, 2.24) is 10.2 Å². The van der Waals surface area contributed by atoms with Gasteiger partial charge < -0.3 is 15.1 Å². The van der Waals surface area contributed by atoms with Gasteiger partial charge in [0, 0.05) is 38.2 Å². The number of carbonyl (C=O) groups excluding carboxylic acids is 1. The van der Waals surface area contributed by atoms with Gasteiger partial charge >= 0.3 is 0 Å². The number of carbonyl (C=O) groups is 1. The Morgan fingerprint density at radius 1 is 1.16 bits per heavy atom. The van der Waals surface area contributed by atoms with Crippen LogP contribution in [0.15, 0.2) is 24.3 Å². The molecule has 3 rings (SSSR count). The molecule has 1 amide bonds. The lowest BCUT2D eigenvalue weighted by Gasteiger charge is -2.32. The van der Waals surface area contributed by atoms with Crippen LogP contribution in [0.1, 0.15) is 25.7 Å². The van der Waals surface area contributed by atoms with Gasteiger partial charge in [-0.15, -0.1) is 0 Å². The van der Waals surface area contributed by atoms with Crippen LogP contribution in [0.2, 0.25) is 0 Å². The Morgan fingerprint density at radius 2 is 1.84 bits per heavy atom. The van der Waals surface area contributed by atoms with Crippen molar-refractivity contribution in [1.29, 1.82) is 0 Å². The summed E-state index contributed by atoms with van der Waals surface area (Å²) in [4.78, 5) is 27.6. The van der Waals surface area contributed by atoms with Gasteiger partial charge in [-0.2, -0.15) is 0 Å². The first kappa shape index (κ1) is 17.7. The Labute approximate surface area is 148 Å². The smallest absolute Gasteiger partial charge is 0.292 e. The number of nitrogens with zero attached hydrogens (tertiary/aromatic N) is 3. The zero-order valence-corrected chi connectivity index (χ0v) is 14.5. The van der Waals surface area contributed by atoms with Gasteiger partial charge in [0.25, 0.3) is 5.69 Å². The van der Waals surface area contributed by atoms with E-state index in [0.717, 1.165) is 32.5 Å². The van der Waals surface area contributed by atoms with Gasteiger partial charge in [0.15, 0.2) is 0 Å². The molecular weight excluding hydrogens is 320 g/mol. The van der Waals surface area contributed by atoms with Gasteiger partial charge in [0.2, 0.25) is 5.91 Å². The molecule has 2 aliphatic heterocycles. The van der Waals surface area contributed by atoms with Gasteiger partial charge in [-0.05, 0) is 44.8 Å². The van der Waals surface area contributed by atoms with Crippen LogP contribution in [0, 0.1) is 16.0 Å².